The highest BCUT2D eigenvalue weighted by Gasteiger charge is 2.04. The van der Waals surface area contributed by atoms with E-state index in [1.807, 2.05) is 30.7 Å². The first-order valence-corrected chi connectivity index (χ1v) is 4.41. The number of pyridine rings is 1. The number of nitrogen functional groups attached to an aromatic ring is 1. The largest absolute Gasteiger partial charge is 0.397 e. The van der Waals surface area contributed by atoms with Crippen LogP contribution in [0.25, 0.3) is 5.82 Å². The van der Waals surface area contributed by atoms with Crippen LogP contribution in [0.15, 0.2) is 24.7 Å². The first-order chi connectivity index (χ1) is 6.68. The summed E-state index contributed by atoms with van der Waals surface area (Å²) in [6, 6.07) is 1.90. The molecule has 14 heavy (non-hydrogen) atoms. The fraction of sp³-hybridized carbons (Fsp3) is 0.200. The number of rotatable bonds is 1. The van der Waals surface area contributed by atoms with Gasteiger partial charge in [0.25, 0.3) is 0 Å². The molecule has 0 amide bonds. The predicted octanol–water partition coefficient (Wildman–Crippen LogP) is 1.47. The molecule has 2 N–H and O–H groups in total. The van der Waals surface area contributed by atoms with Gasteiger partial charge in [-0.3, -0.25) is 4.57 Å². The second kappa shape index (κ2) is 3.14. The second-order valence-electron chi connectivity index (χ2n) is 3.25. The lowest BCUT2D eigenvalue weighted by Crippen LogP contribution is -2.02. The molecule has 0 aromatic carbocycles. The Kier molecular flexibility index (Phi) is 1.96. The molecule has 0 saturated carbocycles. The van der Waals surface area contributed by atoms with E-state index in [1.54, 1.807) is 12.4 Å². The van der Waals surface area contributed by atoms with Gasteiger partial charge < -0.3 is 5.73 Å². The Morgan fingerprint density at radius 1 is 1.29 bits per heavy atom. The fourth-order valence-corrected chi connectivity index (χ4v) is 1.44. The maximum atomic E-state index is 5.63. The van der Waals surface area contributed by atoms with Crippen molar-refractivity contribution in [2.24, 2.45) is 0 Å². The molecule has 0 spiro atoms. The third kappa shape index (κ3) is 1.35. The van der Waals surface area contributed by atoms with Gasteiger partial charge >= 0.3 is 0 Å². The zero-order valence-electron chi connectivity index (χ0n) is 8.23. The van der Waals surface area contributed by atoms with Gasteiger partial charge in [0.15, 0.2) is 0 Å². The zero-order valence-corrected chi connectivity index (χ0v) is 8.23. The van der Waals surface area contributed by atoms with E-state index in [-0.39, 0.29) is 0 Å². The summed E-state index contributed by atoms with van der Waals surface area (Å²) in [6.07, 6.45) is 5.30. The average molecular weight is 188 g/mol. The number of nitrogens with two attached hydrogens (primary N) is 1. The second-order valence-corrected chi connectivity index (χ2v) is 3.25. The molecule has 2 aromatic heterocycles. The van der Waals surface area contributed by atoms with Crippen LogP contribution in [0.2, 0.25) is 0 Å². The Labute approximate surface area is 82.4 Å². The molecule has 0 unspecified atom stereocenters. The number of hydrogen-bond donors (Lipinski definition) is 1. The van der Waals surface area contributed by atoms with E-state index in [4.69, 9.17) is 5.73 Å². The molecule has 4 nitrogen and oxygen atoms in total. The summed E-state index contributed by atoms with van der Waals surface area (Å²) >= 11 is 0. The van der Waals surface area contributed by atoms with Gasteiger partial charge in [-0.2, -0.15) is 0 Å². The van der Waals surface area contributed by atoms with E-state index >= 15 is 0 Å². The molecule has 0 aliphatic rings. The topological polar surface area (TPSA) is 56.7 Å². The predicted molar refractivity (Wildman–Crippen MR) is 55.2 cm³/mol. The summed E-state index contributed by atoms with van der Waals surface area (Å²) in [4.78, 5) is 8.43. The van der Waals surface area contributed by atoms with Crippen molar-refractivity contribution in [3.05, 3.63) is 36.0 Å². The van der Waals surface area contributed by atoms with Crippen molar-refractivity contribution < 1.29 is 0 Å². The molecule has 0 saturated heterocycles. The molecule has 0 radical (unpaired) electrons. The molecular weight excluding hydrogens is 176 g/mol. The normalized spacial score (nSPS) is 10.4. The first kappa shape index (κ1) is 8.74. The van der Waals surface area contributed by atoms with E-state index in [2.05, 4.69) is 9.97 Å². The van der Waals surface area contributed by atoms with Crippen molar-refractivity contribution in [1.82, 2.24) is 14.5 Å². The minimum absolute atomic E-state index is 0.684. The molecule has 4 heteroatoms. The molecule has 2 rings (SSSR count). The Morgan fingerprint density at radius 3 is 2.64 bits per heavy atom. The van der Waals surface area contributed by atoms with Crippen LogP contribution in [0, 0.1) is 13.8 Å². The number of imidazole rings is 1. The molecule has 0 bridgehead atoms. The third-order valence-electron chi connectivity index (χ3n) is 2.13. The quantitative estimate of drug-likeness (QED) is 0.737. The van der Waals surface area contributed by atoms with Crippen LogP contribution in [-0.2, 0) is 0 Å². The Hall–Kier alpha value is -1.84. The highest BCUT2D eigenvalue weighted by Crippen LogP contribution is 2.14. The van der Waals surface area contributed by atoms with E-state index in [0.29, 0.717) is 5.69 Å². The van der Waals surface area contributed by atoms with Gasteiger partial charge in [0.1, 0.15) is 11.6 Å². The van der Waals surface area contributed by atoms with E-state index in [0.717, 1.165) is 17.2 Å². The summed E-state index contributed by atoms with van der Waals surface area (Å²) in [5.74, 6) is 1.81. The highest BCUT2D eigenvalue weighted by atomic mass is 15.1. The number of aryl methyl sites for hydroxylation is 2. The summed E-state index contributed by atoms with van der Waals surface area (Å²) in [5.41, 5.74) is 7.36. The molecule has 0 aliphatic carbocycles. The standard InChI is InChI=1S/C10H12N4/c1-7-5-9(11)6-13-10(7)14-4-3-12-8(14)2/h3-6H,11H2,1-2H3. The van der Waals surface area contributed by atoms with Crippen molar-refractivity contribution in [2.45, 2.75) is 13.8 Å². The van der Waals surface area contributed by atoms with Crippen LogP contribution in [0.1, 0.15) is 11.4 Å². The van der Waals surface area contributed by atoms with Crippen molar-refractivity contribution in [3.63, 3.8) is 0 Å². The van der Waals surface area contributed by atoms with Crippen molar-refractivity contribution in [2.75, 3.05) is 5.73 Å². The van der Waals surface area contributed by atoms with Crippen LogP contribution < -0.4 is 5.73 Å². The van der Waals surface area contributed by atoms with Crippen LogP contribution in [0.4, 0.5) is 5.69 Å². The molecule has 0 aliphatic heterocycles. The average Bonchev–Trinajstić information content (AvgIpc) is 2.52. The lowest BCUT2D eigenvalue weighted by Gasteiger charge is -2.07. The lowest BCUT2D eigenvalue weighted by atomic mass is 10.2. The van der Waals surface area contributed by atoms with Gasteiger partial charge in [0.05, 0.1) is 11.9 Å². The summed E-state index contributed by atoms with van der Waals surface area (Å²) in [7, 11) is 0. The minimum Gasteiger partial charge on any atom is -0.397 e. The van der Waals surface area contributed by atoms with Crippen LogP contribution in [-0.4, -0.2) is 14.5 Å². The molecule has 2 heterocycles. The monoisotopic (exact) mass is 188 g/mol. The van der Waals surface area contributed by atoms with Gasteiger partial charge in [-0.25, -0.2) is 9.97 Å². The van der Waals surface area contributed by atoms with Crippen LogP contribution >= 0.6 is 0 Å². The van der Waals surface area contributed by atoms with Crippen molar-refractivity contribution >= 4 is 5.69 Å². The molecular formula is C10H12N4. The Bertz CT molecular complexity index is 459. The van der Waals surface area contributed by atoms with Gasteiger partial charge in [0, 0.05) is 12.4 Å². The summed E-state index contributed by atoms with van der Waals surface area (Å²) < 4.78 is 1.94. The van der Waals surface area contributed by atoms with E-state index in [9.17, 15) is 0 Å². The molecule has 0 atom stereocenters. The van der Waals surface area contributed by atoms with Gasteiger partial charge in [0.2, 0.25) is 0 Å². The van der Waals surface area contributed by atoms with Crippen molar-refractivity contribution in [3.8, 4) is 5.82 Å². The molecule has 2 aromatic rings. The first-order valence-electron chi connectivity index (χ1n) is 4.41. The third-order valence-corrected chi connectivity index (χ3v) is 2.13. The SMILES string of the molecule is Cc1cc(N)cnc1-n1ccnc1C. The van der Waals surface area contributed by atoms with Gasteiger partial charge in [-0.05, 0) is 25.5 Å². The van der Waals surface area contributed by atoms with Gasteiger partial charge in [-0.15, -0.1) is 0 Å². The lowest BCUT2D eigenvalue weighted by molar-refractivity contribution is 0.921. The number of hydrogen-bond acceptors (Lipinski definition) is 3. The number of nitrogens with zero attached hydrogens (tertiary/aromatic N) is 3. The van der Waals surface area contributed by atoms with Crippen LogP contribution in [0.5, 0.6) is 0 Å². The highest BCUT2D eigenvalue weighted by molar-refractivity contribution is 5.45. The molecule has 0 fully saturated rings. The summed E-state index contributed by atoms with van der Waals surface area (Å²) in [6.45, 7) is 3.93. The summed E-state index contributed by atoms with van der Waals surface area (Å²) in [5, 5.41) is 0. The number of aromatic nitrogens is 3. The van der Waals surface area contributed by atoms with Crippen molar-refractivity contribution in [1.29, 1.82) is 0 Å². The van der Waals surface area contributed by atoms with E-state index < -0.39 is 0 Å². The van der Waals surface area contributed by atoms with E-state index in [1.165, 1.54) is 0 Å². The fourth-order valence-electron chi connectivity index (χ4n) is 1.44. The Balaban J connectivity index is 2.58. The van der Waals surface area contributed by atoms with Crippen LogP contribution in [0.3, 0.4) is 0 Å². The Morgan fingerprint density at radius 2 is 2.07 bits per heavy atom. The van der Waals surface area contributed by atoms with Gasteiger partial charge in [-0.1, -0.05) is 0 Å². The number of anilines is 1. The maximum Gasteiger partial charge on any atom is 0.141 e. The zero-order chi connectivity index (χ0) is 10.1. The maximum absolute atomic E-state index is 5.63. The molecule has 72 valence electrons. The smallest absolute Gasteiger partial charge is 0.141 e. The minimum atomic E-state index is 0.684.